The van der Waals surface area contributed by atoms with E-state index < -0.39 is 0 Å². The molecule has 0 fully saturated rings. The van der Waals surface area contributed by atoms with Crippen LogP contribution < -0.4 is 5.32 Å². The van der Waals surface area contributed by atoms with Crippen molar-refractivity contribution in [3.8, 4) is 0 Å². The van der Waals surface area contributed by atoms with Crippen molar-refractivity contribution < 1.29 is 4.74 Å². The maximum atomic E-state index is 5.61. The van der Waals surface area contributed by atoms with Crippen LogP contribution in [0.5, 0.6) is 0 Å². The van der Waals surface area contributed by atoms with E-state index in [-0.39, 0.29) is 5.54 Å². The molecule has 0 saturated heterocycles. The molecule has 0 aliphatic rings. The summed E-state index contributed by atoms with van der Waals surface area (Å²) in [6.07, 6.45) is 0. The zero-order valence-electron chi connectivity index (χ0n) is 13.5. The highest BCUT2D eigenvalue weighted by Crippen LogP contribution is 2.19. The minimum absolute atomic E-state index is 0.161. The van der Waals surface area contributed by atoms with Gasteiger partial charge in [0.05, 0.1) is 6.61 Å². The summed E-state index contributed by atoms with van der Waals surface area (Å²) in [7, 11) is 0. The molecule has 2 nitrogen and oxygen atoms in total. The van der Waals surface area contributed by atoms with Gasteiger partial charge in [-0.25, -0.2) is 0 Å². The Morgan fingerprint density at radius 1 is 1.25 bits per heavy atom. The third-order valence-electron chi connectivity index (χ3n) is 2.67. The lowest BCUT2D eigenvalue weighted by Gasteiger charge is -2.20. The zero-order chi connectivity index (χ0) is 15.0. The summed E-state index contributed by atoms with van der Waals surface area (Å²) in [5, 5.41) is 3.52. The second-order valence-electron chi connectivity index (χ2n) is 6.57. The Morgan fingerprint density at radius 2 is 2.00 bits per heavy atom. The first-order chi connectivity index (χ1) is 9.37. The maximum Gasteiger partial charge on any atom is 0.0560 e. The van der Waals surface area contributed by atoms with Gasteiger partial charge in [0.1, 0.15) is 0 Å². The summed E-state index contributed by atoms with van der Waals surface area (Å²) in [5.41, 5.74) is 1.50. The topological polar surface area (TPSA) is 21.3 Å². The molecule has 0 radical (unpaired) electrons. The normalized spacial score (nSPS) is 12.1. The molecule has 0 aliphatic heterocycles. The molecular weight excluding hydrogens is 266 g/mol. The number of ether oxygens (including phenoxy) is 1. The smallest absolute Gasteiger partial charge is 0.0560 e. The quantitative estimate of drug-likeness (QED) is 0.569. The molecule has 0 aliphatic carbocycles. The lowest BCUT2D eigenvalue weighted by Crippen LogP contribution is -2.35. The number of hydrogen-bond donors (Lipinski definition) is 1. The van der Waals surface area contributed by atoms with Crippen LogP contribution in [0.15, 0.2) is 29.2 Å². The fourth-order valence-electron chi connectivity index (χ4n) is 1.65. The molecule has 0 bridgehead atoms. The summed E-state index contributed by atoms with van der Waals surface area (Å²) < 4.78 is 5.61. The lowest BCUT2D eigenvalue weighted by atomic mass is 10.1. The molecule has 0 aromatic heterocycles. The Bertz CT molecular complexity index is 385. The van der Waals surface area contributed by atoms with Gasteiger partial charge in [-0.2, -0.15) is 0 Å². The Hall–Kier alpha value is -0.510. The van der Waals surface area contributed by atoms with Crippen molar-refractivity contribution in [2.24, 2.45) is 5.92 Å². The number of thioether (sulfide) groups is 1. The van der Waals surface area contributed by atoms with Crippen LogP contribution in [0.1, 0.15) is 40.2 Å². The first kappa shape index (κ1) is 17.5. The van der Waals surface area contributed by atoms with E-state index in [0.717, 1.165) is 25.5 Å². The van der Waals surface area contributed by atoms with Crippen molar-refractivity contribution in [2.75, 3.05) is 19.0 Å². The number of benzene rings is 1. The van der Waals surface area contributed by atoms with Gasteiger partial charge in [0.2, 0.25) is 0 Å². The molecule has 0 unspecified atom stereocenters. The van der Waals surface area contributed by atoms with Gasteiger partial charge in [0.15, 0.2) is 0 Å². The van der Waals surface area contributed by atoms with Crippen molar-refractivity contribution in [1.29, 1.82) is 0 Å². The highest BCUT2D eigenvalue weighted by molar-refractivity contribution is 7.99. The summed E-state index contributed by atoms with van der Waals surface area (Å²) in [4.78, 5) is 1.33. The molecule has 114 valence electrons. The predicted octanol–water partition coefficient (Wildman–Crippen LogP) is 4.34. The van der Waals surface area contributed by atoms with Gasteiger partial charge >= 0.3 is 0 Å². The molecule has 0 spiro atoms. The first-order valence-corrected chi connectivity index (χ1v) is 8.40. The monoisotopic (exact) mass is 295 g/mol. The van der Waals surface area contributed by atoms with Gasteiger partial charge < -0.3 is 10.1 Å². The SMILES string of the molecule is CC(C)COCCSc1cccc(CNC(C)(C)C)c1. The largest absolute Gasteiger partial charge is 0.380 e. The third-order valence-corrected chi connectivity index (χ3v) is 3.63. The van der Waals surface area contributed by atoms with Crippen LogP contribution in [0.2, 0.25) is 0 Å². The van der Waals surface area contributed by atoms with Gasteiger partial charge in [-0.05, 0) is 44.4 Å². The molecule has 0 saturated carbocycles. The van der Waals surface area contributed by atoms with E-state index in [4.69, 9.17) is 4.74 Å². The van der Waals surface area contributed by atoms with Crippen molar-refractivity contribution in [2.45, 2.75) is 51.6 Å². The van der Waals surface area contributed by atoms with Crippen molar-refractivity contribution in [3.05, 3.63) is 29.8 Å². The Kier molecular flexibility index (Phi) is 7.63. The lowest BCUT2D eigenvalue weighted by molar-refractivity contribution is 0.124. The molecule has 20 heavy (non-hydrogen) atoms. The fourth-order valence-corrected chi connectivity index (χ4v) is 2.50. The zero-order valence-corrected chi connectivity index (χ0v) is 14.3. The molecule has 0 amide bonds. The van der Waals surface area contributed by atoms with Crippen molar-refractivity contribution >= 4 is 11.8 Å². The Morgan fingerprint density at radius 3 is 2.65 bits per heavy atom. The highest BCUT2D eigenvalue weighted by atomic mass is 32.2. The Labute approximate surface area is 128 Å². The number of nitrogens with one attached hydrogen (secondary N) is 1. The van der Waals surface area contributed by atoms with Crippen LogP contribution in [0, 0.1) is 5.92 Å². The standard InChI is InChI=1S/C17H29NOS/c1-14(2)13-19-9-10-20-16-8-6-7-15(11-16)12-18-17(3,4)5/h6-8,11,14,18H,9-10,12-13H2,1-5H3. The fraction of sp³-hybridized carbons (Fsp3) is 0.647. The van der Waals surface area contributed by atoms with Crippen LogP contribution in [0.25, 0.3) is 0 Å². The third kappa shape index (κ3) is 8.62. The molecule has 0 heterocycles. The van der Waals surface area contributed by atoms with E-state index in [9.17, 15) is 0 Å². The second kappa shape index (κ2) is 8.71. The van der Waals surface area contributed by atoms with E-state index in [0.29, 0.717) is 5.92 Å². The maximum absolute atomic E-state index is 5.61. The minimum atomic E-state index is 0.161. The second-order valence-corrected chi connectivity index (χ2v) is 7.74. The molecule has 1 aromatic rings. The van der Waals surface area contributed by atoms with E-state index in [1.54, 1.807) is 0 Å². The van der Waals surface area contributed by atoms with Crippen LogP contribution in [0.4, 0.5) is 0 Å². The van der Waals surface area contributed by atoms with Crippen LogP contribution in [-0.2, 0) is 11.3 Å². The molecule has 0 atom stereocenters. The van der Waals surface area contributed by atoms with Gasteiger partial charge in [0.25, 0.3) is 0 Å². The van der Waals surface area contributed by atoms with E-state index in [1.807, 2.05) is 11.8 Å². The first-order valence-electron chi connectivity index (χ1n) is 7.41. The van der Waals surface area contributed by atoms with Gasteiger partial charge in [-0.1, -0.05) is 26.0 Å². The molecule has 1 rings (SSSR count). The van der Waals surface area contributed by atoms with Crippen LogP contribution >= 0.6 is 11.8 Å². The van der Waals surface area contributed by atoms with E-state index in [2.05, 4.69) is 64.2 Å². The van der Waals surface area contributed by atoms with Gasteiger partial charge in [-0.3, -0.25) is 0 Å². The average Bonchev–Trinajstić information content (AvgIpc) is 2.35. The van der Waals surface area contributed by atoms with Crippen LogP contribution in [0.3, 0.4) is 0 Å². The summed E-state index contributed by atoms with van der Waals surface area (Å²) in [6, 6.07) is 8.76. The molecule has 1 aromatic carbocycles. The molecule has 3 heteroatoms. The highest BCUT2D eigenvalue weighted by Gasteiger charge is 2.08. The predicted molar refractivity (Wildman–Crippen MR) is 89.4 cm³/mol. The van der Waals surface area contributed by atoms with Crippen molar-refractivity contribution in [3.63, 3.8) is 0 Å². The summed E-state index contributed by atoms with van der Waals surface area (Å²) >= 11 is 1.87. The summed E-state index contributed by atoms with van der Waals surface area (Å²) in [5.74, 6) is 1.63. The average molecular weight is 295 g/mol. The number of rotatable bonds is 8. The van der Waals surface area contributed by atoms with Crippen molar-refractivity contribution in [1.82, 2.24) is 5.32 Å². The van der Waals surface area contributed by atoms with Crippen LogP contribution in [-0.4, -0.2) is 24.5 Å². The molecule has 1 N–H and O–H groups in total. The minimum Gasteiger partial charge on any atom is -0.380 e. The van der Waals surface area contributed by atoms with E-state index >= 15 is 0 Å². The summed E-state index contributed by atoms with van der Waals surface area (Å²) in [6.45, 7) is 13.5. The van der Waals surface area contributed by atoms with E-state index in [1.165, 1.54) is 10.5 Å². The Balaban J connectivity index is 2.32. The number of hydrogen-bond acceptors (Lipinski definition) is 3. The molecular formula is C17H29NOS. The van der Waals surface area contributed by atoms with Gasteiger partial charge in [-0.15, -0.1) is 11.8 Å². The van der Waals surface area contributed by atoms with Gasteiger partial charge in [0, 0.05) is 29.3 Å².